The van der Waals surface area contributed by atoms with Crippen molar-refractivity contribution in [2.75, 3.05) is 0 Å². The molecule has 1 rings (SSSR count). The SMILES string of the molecule is CC(C)[C@H]1NC(=O)[C@H](C(C)(C)C)NC1=O. The van der Waals surface area contributed by atoms with Crippen LogP contribution in [0.4, 0.5) is 0 Å². The normalized spacial score (nSPS) is 27.6. The number of carbonyl (C=O) groups is 2. The van der Waals surface area contributed by atoms with Crippen molar-refractivity contribution in [1.29, 1.82) is 0 Å². The van der Waals surface area contributed by atoms with E-state index in [0.717, 1.165) is 0 Å². The number of hydrogen-bond acceptors (Lipinski definition) is 2. The number of nitrogens with one attached hydrogen (secondary N) is 2. The second-order valence-corrected chi connectivity index (χ2v) is 5.54. The third-order valence-electron chi connectivity index (χ3n) is 2.66. The van der Waals surface area contributed by atoms with Gasteiger partial charge in [0.15, 0.2) is 0 Å². The predicted octanol–water partition coefficient (Wildman–Crippen LogP) is 0.672. The smallest absolute Gasteiger partial charge is 0.243 e. The van der Waals surface area contributed by atoms with Gasteiger partial charge in [-0.3, -0.25) is 9.59 Å². The highest BCUT2D eigenvalue weighted by atomic mass is 16.2. The molecule has 0 bridgehead atoms. The Morgan fingerprint density at radius 3 is 2.00 bits per heavy atom. The molecule has 0 aromatic carbocycles. The van der Waals surface area contributed by atoms with E-state index in [1.54, 1.807) is 0 Å². The van der Waals surface area contributed by atoms with Gasteiger partial charge in [-0.15, -0.1) is 0 Å². The van der Waals surface area contributed by atoms with Crippen molar-refractivity contribution in [3.05, 3.63) is 0 Å². The molecule has 0 unspecified atom stereocenters. The first-order valence-electron chi connectivity index (χ1n) is 5.34. The first-order chi connectivity index (χ1) is 6.73. The molecule has 0 aromatic rings. The van der Waals surface area contributed by atoms with Crippen LogP contribution in [0.25, 0.3) is 0 Å². The van der Waals surface area contributed by atoms with Crippen LogP contribution in [0.3, 0.4) is 0 Å². The molecule has 15 heavy (non-hydrogen) atoms. The van der Waals surface area contributed by atoms with E-state index in [1.165, 1.54) is 0 Å². The van der Waals surface area contributed by atoms with E-state index in [1.807, 2.05) is 34.6 Å². The van der Waals surface area contributed by atoms with Gasteiger partial charge in [0.2, 0.25) is 11.8 Å². The summed E-state index contributed by atoms with van der Waals surface area (Å²) in [5.74, 6) is -0.0415. The quantitative estimate of drug-likeness (QED) is 0.671. The van der Waals surface area contributed by atoms with E-state index in [9.17, 15) is 9.59 Å². The molecular weight excluding hydrogens is 192 g/mol. The third kappa shape index (κ3) is 2.49. The molecule has 4 heteroatoms. The molecule has 0 spiro atoms. The summed E-state index contributed by atoms with van der Waals surface area (Å²) in [5, 5.41) is 5.56. The fourth-order valence-electron chi connectivity index (χ4n) is 1.68. The second-order valence-electron chi connectivity index (χ2n) is 5.54. The van der Waals surface area contributed by atoms with Crippen molar-refractivity contribution in [2.45, 2.75) is 46.7 Å². The zero-order valence-electron chi connectivity index (χ0n) is 10.0. The zero-order valence-corrected chi connectivity index (χ0v) is 10.0. The summed E-state index contributed by atoms with van der Waals surface area (Å²) in [6, 6.07) is -0.823. The highest BCUT2D eigenvalue weighted by Gasteiger charge is 2.40. The molecule has 4 nitrogen and oxygen atoms in total. The minimum atomic E-state index is -0.431. The number of hydrogen-bond donors (Lipinski definition) is 2. The third-order valence-corrected chi connectivity index (χ3v) is 2.66. The fourth-order valence-corrected chi connectivity index (χ4v) is 1.68. The molecule has 0 aliphatic carbocycles. The van der Waals surface area contributed by atoms with E-state index in [4.69, 9.17) is 0 Å². The molecule has 1 saturated heterocycles. The monoisotopic (exact) mass is 212 g/mol. The van der Waals surface area contributed by atoms with E-state index < -0.39 is 12.1 Å². The van der Waals surface area contributed by atoms with Crippen molar-refractivity contribution in [3.8, 4) is 0 Å². The number of piperazine rings is 1. The van der Waals surface area contributed by atoms with E-state index >= 15 is 0 Å². The number of carbonyl (C=O) groups excluding carboxylic acids is 2. The molecular formula is C11H20N2O2. The first-order valence-corrected chi connectivity index (χ1v) is 5.34. The Labute approximate surface area is 90.8 Å². The molecule has 2 amide bonds. The van der Waals surface area contributed by atoms with Crippen LogP contribution in [-0.4, -0.2) is 23.9 Å². The molecule has 1 aliphatic rings. The average molecular weight is 212 g/mol. The Morgan fingerprint density at radius 1 is 1.07 bits per heavy atom. The van der Waals surface area contributed by atoms with Gasteiger partial charge in [-0.1, -0.05) is 34.6 Å². The van der Waals surface area contributed by atoms with Crippen LogP contribution in [0.2, 0.25) is 0 Å². The van der Waals surface area contributed by atoms with E-state index in [0.29, 0.717) is 0 Å². The van der Waals surface area contributed by atoms with Crippen molar-refractivity contribution < 1.29 is 9.59 Å². The average Bonchev–Trinajstić information content (AvgIpc) is 2.06. The van der Waals surface area contributed by atoms with Gasteiger partial charge in [0, 0.05) is 0 Å². The summed E-state index contributed by atoms with van der Waals surface area (Å²) in [6.45, 7) is 9.65. The first kappa shape index (κ1) is 12.0. The summed E-state index contributed by atoms with van der Waals surface area (Å²) in [7, 11) is 0. The maximum Gasteiger partial charge on any atom is 0.243 e. The van der Waals surface area contributed by atoms with Crippen LogP contribution < -0.4 is 10.6 Å². The van der Waals surface area contributed by atoms with Crippen LogP contribution in [0.1, 0.15) is 34.6 Å². The molecule has 0 saturated carbocycles. The number of amides is 2. The standard InChI is InChI=1S/C11H20N2O2/c1-6(2)7-9(14)13-8(10(15)12-7)11(3,4)5/h6-8H,1-5H3,(H,12,15)(H,13,14)/t7-,8-/m1/s1. The maximum atomic E-state index is 11.8. The molecule has 0 aromatic heterocycles. The van der Waals surface area contributed by atoms with Crippen molar-refractivity contribution in [3.63, 3.8) is 0 Å². The summed E-state index contributed by atoms with van der Waals surface area (Å²) in [5.41, 5.74) is -0.248. The topological polar surface area (TPSA) is 58.2 Å². The summed E-state index contributed by atoms with van der Waals surface area (Å²) in [6.07, 6.45) is 0. The summed E-state index contributed by atoms with van der Waals surface area (Å²) in [4.78, 5) is 23.5. The molecule has 86 valence electrons. The Kier molecular flexibility index (Phi) is 3.07. The molecule has 1 aliphatic heterocycles. The lowest BCUT2D eigenvalue weighted by Gasteiger charge is -2.37. The van der Waals surface area contributed by atoms with Gasteiger partial charge in [-0.05, 0) is 11.3 Å². The van der Waals surface area contributed by atoms with Gasteiger partial charge >= 0.3 is 0 Å². The fraction of sp³-hybridized carbons (Fsp3) is 0.818. The predicted molar refractivity (Wildman–Crippen MR) is 58.2 cm³/mol. The van der Waals surface area contributed by atoms with Gasteiger partial charge < -0.3 is 10.6 Å². The molecule has 1 fully saturated rings. The largest absolute Gasteiger partial charge is 0.342 e. The maximum absolute atomic E-state index is 11.8. The Balaban J connectivity index is 2.81. The number of rotatable bonds is 1. The zero-order chi connectivity index (χ0) is 11.8. The van der Waals surface area contributed by atoms with Crippen LogP contribution in [0.15, 0.2) is 0 Å². The van der Waals surface area contributed by atoms with Gasteiger partial charge in [0.25, 0.3) is 0 Å². The van der Waals surface area contributed by atoms with E-state index in [2.05, 4.69) is 10.6 Å². The van der Waals surface area contributed by atoms with Crippen molar-refractivity contribution >= 4 is 11.8 Å². The van der Waals surface area contributed by atoms with Gasteiger partial charge in [-0.25, -0.2) is 0 Å². The minimum absolute atomic E-state index is 0.0791. The van der Waals surface area contributed by atoms with Crippen LogP contribution in [0.5, 0.6) is 0 Å². The highest BCUT2D eigenvalue weighted by molar-refractivity contribution is 5.97. The second kappa shape index (κ2) is 3.83. The van der Waals surface area contributed by atoms with Gasteiger partial charge in [0.1, 0.15) is 12.1 Å². The Hall–Kier alpha value is -1.06. The molecule has 0 radical (unpaired) electrons. The lowest BCUT2D eigenvalue weighted by Crippen LogP contribution is -2.66. The van der Waals surface area contributed by atoms with Gasteiger partial charge in [-0.2, -0.15) is 0 Å². The molecule has 2 atom stereocenters. The lowest BCUT2D eigenvalue weighted by molar-refractivity contribution is -0.140. The van der Waals surface area contributed by atoms with Crippen LogP contribution in [-0.2, 0) is 9.59 Å². The Morgan fingerprint density at radius 2 is 1.60 bits per heavy atom. The van der Waals surface area contributed by atoms with Gasteiger partial charge in [0.05, 0.1) is 0 Å². The van der Waals surface area contributed by atoms with Crippen molar-refractivity contribution in [2.24, 2.45) is 11.3 Å². The van der Waals surface area contributed by atoms with Crippen molar-refractivity contribution in [1.82, 2.24) is 10.6 Å². The lowest BCUT2D eigenvalue weighted by atomic mass is 9.84. The van der Waals surface area contributed by atoms with Crippen LogP contribution in [0, 0.1) is 11.3 Å². The summed E-state index contributed by atoms with van der Waals surface area (Å²) >= 11 is 0. The van der Waals surface area contributed by atoms with Crippen LogP contribution >= 0.6 is 0 Å². The minimum Gasteiger partial charge on any atom is -0.342 e. The highest BCUT2D eigenvalue weighted by Crippen LogP contribution is 2.22. The Bertz CT molecular complexity index is 279. The molecule has 1 heterocycles. The van der Waals surface area contributed by atoms with E-state index in [-0.39, 0.29) is 23.1 Å². The molecule has 2 N–H and O–H groups in total. The summed E-state index contributed by atoms with van der Waals surface area (Å²) < 4.78 is 0.